The van der Waals surface area contributed by atoms with Crippen LogP contribution in [0.2, 0.25) is 0 Å². The minimum atomic E-state index is -0.255. The second kappa shape index (κ2) is 3.99. The molecule has 50 valence electrons. The van der Waals surface area contributed by atoms with Crippen LogP contribution in [-0.2, 0) is 4.79 Å². The van der Waals surface area contributed by atoms with E-state index >= 15 is 0 Å². The number of halogens is 1. The summed E-state index contributed by atoms with van der Waals surface area (Å²) < 4.78 is 0. The molecule has 0 aromatic carbocycles. The molecule has 0 bridgehead atoms. The molecule has 0 saturated heterocycles. The smallest absolute Gasteiger partial charge is 0.266 e. The van der Waals surface area contributed by atoms with Crippen molar-refractivity contribution in [3.05, 3.63) is 0 Å². The fourth-order valence-corrected chi connectivity index (χ4v) is 0.700. The summed E-state index contributed by atoms with van der Waals surface area (Å²) in [5.74, 6) is -0.255. The fraction of sp³-hybridized carbons (Fsp3) is 0.250. The van der Waals surface area contributed by atoms with Gasteiger partial charge in [0.15, 0.2) is 5.17 Å². The summed E-state index contributed by atoms with van der Waals surface area (Å²) >= 11 is 1.37. The van der Waals surface area contributed by atoms with Crippen LogP contribution in [0.3, 0.4) is 0 Å². The van der Waals surface area contributed by atoms with Crippen molar-refractivity contribution < 1.29 is 4.79 Å². The SMILES string of the molecule is CSC1=NC(=O)C=N1.I. The number of rotatable bonds is 0. The topological polar surface area (TPSA) is 41.8 Å². The molecule has 0 saturated carbocycles. The van der Waals surface area contributed by atoms with Crippen LogP contribution < -0.4 is 0 Å². The molecule has 0 radical (unpaired) electrons. The molecule has 1 rings (SSSR count). The van der Waals surface area contributed by atoms with Gasteiger partial charge in [0.05, 0.1) is 6.21 Å². The minimum absolute atomic E-state index is 0. The molecule has 0 spiro atoms. The number of hydrogen-bond acceptors (Lipinski definition) is 3. The monoisotopic (exact) mass is 256 g/mol. The molecule has 0 unspecified atom stereocenters. The first-order valence-corrected chi connectivity index (χ1v) is 3.26. The molecule has 0 N–H and O–H groups in total. The van der Waals surface area contributed by atoms with E-state index in [0.717, 1.165) is 0 Å². The maximum atomic E-state index is 10.3. The van der Waals surface area contributed by atoms with E-state index in [2.05, 4.69) is 9.98 Å². The van der Waals surface area contributed by atoms with E-state index in [1.807, 2.05) is 6.26 Å². The first-order valence-electron chi connectivity index (χ1n) is 2.03. The lowest BCUT2D eigenvalue weighted by molar-refractivity contribution is -0.111. The second-order valence-electron chi connectivity index (χ2n) is 1.19. The van der Waals surface area contributed by atoms with Gasteiger partial charge >= 0.3 is 0 Å². The zero-order valence-electron chi connectivity index (χ0n) is 4.70. The Morgan fingerprint density at radius 3 is 2.56 bits per heavy atom. The predicted octanol–water partition coefficient (Wildman–Crippen LogP) is 0.934. The third-order valence-electron chi connectivity index (χ3n) is 0.674. The van der Waals surface area contributed by atoms with Gasteiger partial charge in [-0.15, -0.1) is 24.0 Å². The number of thioether (sulfide) groups is 1. The van der Waals surface area contributed by atoms with Gasteiger partial charge in [-0.2, -0.15) is 4.99 Å². The van der Waals surface area contributed by atoms with Crippen LogP contribution in [0.4, 0.5) is 0 Å². The third-order valence-corrected chi connectivity index (χ3v) is 1.24. The summed E-state index contributed by atoms with van der Waals surface area (Å²) in [6.07, 6.45) is 3.04. The Kier molecular flexibility index (Phi) is 4.03. The van der Waals surface area contributed by atoms with Crippen LogP contribution in [0.5, 0.6) is 0 Å². The Morgan fingerprint density at radius 2 is 2.33 bits per heavy atom. The van der Waals surface area contributed by atoms with Crippen LogP contribution in [0.15, 0.2) is 9.98 Å². The van der Waals surface area contributed by atoms with Crippen molar-refractivity contribution in [2.45, 2.75) is 0 Å². The zero-order chi connectivity index (χ0) is 5.98. The standard InChI is InChI=1S/C4H4N2OS.HI/c1-8-4-5-2-3(7)6-4;/h2H,1H3;1H. The van der Waals surface area contributed by atoms with Crippen LogP contribution >= 0.6 is 35.7 Å². The summed E-state index contributed by atoms with van der Waals surface area (Å²) in [4.78, 5) is 17.5. The highest BCUT2D eigenvalue weighted by Gasteiger charge is 2.04. The number of nitrogens with zero attached hydrogens (tertiary/aromatic N) is 2. The Balaban J connectivity index is 0.000000640. The fourth-order valence-electron chi connectivity index (χ4n) is 0.361. The summed E-state index contributed by atoms with van der Waals surface area (Å²) in [5, 5.41) is 0.551. The molecule has 0 aromatic rings. The molecule has 1 amide bonds. The molecule has 1 heterocycles. The lowest BCUT2D eigenvalue weighted by Crippen LogP contribution is -1.85. The number of carbonyl (C=O) groups excluding carboxylic acids is 1. The van der Waals surface area contributed by atoms with E-state index in [-0.39, 0.29) is 29.9 Å². The molecule has 3 nitrogen and oxygen atoms in total. The molecule has 0 aromatic heterocycles. The second-order valence-corrected chi connectivity index (χ2v) is 1.97. The molecular formula is C4H5IN2OS. The average molecular weight is 256 g/mol. The average Bonchev–Trinajstić information content (AvgIpc) is 2.14. The molecule has 1 aliphatic rings. The van der Waals surface area contributed by atoms with E-state index in [9.17, 15) is 4.79 Å². The van der Waals surface area contributed by atoms with Gasteiger partial charge in [-0.3, -0.25) is 4.79 Å². The van der Waals surface area contributed by atoms with Crippen molar-refractivity contribution >= 4 is 53.0 Å². The Hall–Kier alpha value is 0.0900. The van der Waals surface area contributed by atoms with Gasteiger partial charge in [-0.05, 0) is 6.26 Å². The van der Waals surface area contributed by atoms with Crippen LogP contribution in [0.25, 0.3) is 0 Å². The van der Waals surface area contributed by atoms with Gasteiger partial charge in [0.25, 0.3) is 5.91 Å². The number of hydrogen-bond donors (Lipinski definition) is 0. The quantitative estimate of drug-likeness (QED) is 0.605. The highest BCUT2D eigenvalue weighted by atomic mass is 127. The Bertz CT molecular complexity index is 177. The molecule has 9 heavy (non-hydrogen) atoms. The van der Waals surface area contributed by atoms with E-state index in [1.165, 1.54) is 18.0 Å². The first kappa shape index (κ1) is 9.09. The van der Waals surface area contributed by atoms with E-state index in [0.29, 0.717) is 5.17 Å². The van der Waals surface area contributed by atoms with Crippen LogP contribution in [0, 0.1) is 0 Å². The summed E-state index contributed by atoms with van der Waals surface area (Å²) in [5.41, 5.74) is 0. The Morgan fingerprint density at radius 1 is 1.67 bits per heavy atom. The molecule has 1 aliphatic heterocycles. The van der Waals surface area contributed by atoms with Crippen molar-refractivity contribution in [1.82, 2.24) is 0 Å². The van der Waals surface area contributed by atoms with Crippen LogP contribution in [0.1, 0.15) is 0 Å². The number of aliphatic imine (C=N–C) groups is 2. The molecule has 0 fully saturated rings. The highest BCUT2D eigenvalue weighted by molar-refractivity contribution is 14.0. The lowest BCUT2D eigenvalue weighted by Gasteiger charge is -1.80. The highest BCUT2D eigenvalue weighted by Crippen LogP contribution is 2.02. The maximum Gasteiger partial charge on any atom is 0.290 e. The first-order chi connectivity index (χ1) is 3.83. The van der Waals surface area contributed by atoms with E-state index in [4.69, 9.17) is 0 Å². The Labute approximate surface area is 74.0 Å². The lowest BCUT2D eigenvalue weighted by atomic mass is 10.7. The van der Waals surface area contributed by atoms with Gasteiger partial charge in [-0.25, -0.2) is 4.99 Å². The molecular weight excluding hydrogens is 251 g/mol. The van der Waals surface area contributed by atoms with Crippen LogP contribution in [-0.4, -0.2) is 23.5 Å². The largest absolute Gasteiger partial charge is 0.290 e. The van der Waals surface area contributed by atoms with Gasteiger partial charge < -0.3 is 0 Å². The zero-order valence-corrected chi connectivity index (χ0v) is 7.84. The predicted molar refractivity (Wildman–Crippen MR) is 49.9 cm³/mol. The number of amides is 1. The van der Waals surface area contributed by atoms with Gasteiger partial charge in [0, 0.05) is 0 Å². The van der Waals surface area contributed by atoms with Crippen molar-refractivity contribution in [1.29, 1.82) is 0 Å². The molecule has 5 heteroatoms. The van der Waals surface area contributed by atoms with Gasteiger partial charge in [0.2, 0.25) is 0 Å². The summed E-state index contributed by atoms with van der Waals surface area (Å²) in [6, 6.07) is 0. The number of amidine groups is 1. The minimum Gasteiger partial charge on any atom is -0.266 e. The summed E-state index contributed by atoms with van der Waals surface area (Å²) in [7, 11) is 0. The van der Waals surface area contributed by atoms with Gasteiger partial charge in [-0.1, -0.05) is 11.8 Å². The van der Waals surface area contributed by atoms with E-state index in [1.54, 1.807) is 0 Å². The normalized spacial score (nSPS) is 15.2. The van der Waals surface area contributed by atoms with Crippen molar-refractivity contribution in [3.8, 4) is 0 Å². The number of carbonyl (C=O) groups is 1. The van der Waals surface area contributed by atoms with Crippen molar-refractivity contribution in [2.75, 3.05) is 6.26 Å². The maximum absolute atomic E-state index is 10.3. The summed E-state index contributed by atoms with van der Waals surface area (Å²) in [6.45, 7) is 0. The third kappa shape index (κ3) is 2.44. The van der Waals surface area contributed by atoms with Gasteiger partial charge in [0.1, 0.15) is 0 Å². The van der Waals surface area contributed by atoms with Crippen molar-refractivity contribution in [3.63, 3.8) is 0 Å². The molecule has 0 atom stereocenters. The van der Waals surface area contributed by atoms with Crippen molar-refractivity contribution in [2.24, 2.45) is 9.98 Å². The van der Waals surface area contributed by atoms with E-state index < -0.39 is 0 Å². The molecule has 0 aliphatic carbocycles.